The highest BCUT2D eigenvalue weighted by molar-refractivity contribution is 6.04. The monoisotopic (exact) mass is 371 g/mol. The number of nitrogens with one attached hydrogen (secondary N) is 2. The summed E-state index contributed by atoms with van der Waals surface area (Å²) in [5, 5.41) is 11.4. The number of halogens is 2. The molecule has 1 saturated heterocycles. The molecule has 0 aliphatic carbocycles. The van der Waals surface area contributed by atoms with Crippen molar-refractivity contribution in [1.29, 1.82) is 5.41 Å². The minimum absolute atomic E-state index is 0.0910. The lowest BCUT2D eigenvalue weighted by Gasteiger charge is -2.17. The topological polar surface area (TPSA) is 64.9 Å². The Balaban J connectivity index is 1.73. The average molecular weight is 371 g/mol. The number of nitrogens with zero attached hydrogens (tertiary/aromatic N) is 3. The largest absolute Gasteiger partial charge is 0.384 e. The van der Waals surface area contributed by atoms with E-state index in [1.807, 2.05) is 11.8 Å². The van der Waals surface area contributed by atoms with E-state index in [0.717, 1.165) is 37.8 Å². The third kappa shape index (κ3) is 4.67. The Hall–Kier alpha value is -2.83. The van der Waals surface area contributed by atoms with Gasteiger partial charge in [-0.05, 0) is 31.4 Å². The Morgan fingerprint density at radius 3 is 2.67 bits per heavy atom. The van der Waals surface area contributed by atoms with Crippen molar-refractivity contribution < 1.29 is 8.78 Å². The predicted molar refractivity (Wildman–Crippen MR) is 102 cm³/mol. The van der Waals surface area contributed by atoms with Crippen LogP contribution in [0.25, 0.3) is 0 Å². The summed E-state index contributed by atoms with van der Waals surface area (Å²) in [6.45, 7) is 3.79. The van der Waals surface area contributed by atoms with Gasteiger partial charge in [-0.15, -0.1) is 0 Å². The van der Waals surface area contributed by atoms with Gasteiger partial charge in [0, 0.05) is 30.9 Å². The molecule has 0 bridgehead atoms. The van der Waals surface area contributed by atoms with Crippen LogP contribution < -0.4 is 10.2 Å². The van der Waals surface area contributed by atoms with Gasteiger partial charge in [-0.1, -0.05) is 25.1 Å². The van der Waals surface area contributed by atoms with Gasteiger partial charge in [-0.2, -0.15) is 0 Å². The summed E-state index contributed by atoms with van der Waals surface area (Å²) in [5.74, 6) is -0.302. The molecule has 142 valence electrons. The van der Waals surface area contributed by atoms with Crippen LogP contribution >= 0.6 is 0 Å². The molecule has 0 unspecified atom stereocenters. The average Bonchev–Trinajstić information content (AvgIpc) is 3.21. The van der Waals surface area contributed by atoms with Crippen LogP contribution in [0.4, 0.5) is 14.6 Å². The highest BCUT2D eigenvalue weighted by atomic mass is 19.1. The third-order valence-corrected chi connectivity index (χ3v) is 4.54. The summed E-state index contributed by atoms with van der Waals surface area (Å²) in [7, 11) is 0. The summed E-state index contributed by atoms with van der Waals surface area (Å²) < 4.78 is 27.8. The Kier molecular flexibility index (Phi) is 6.11. The van der Waals surface area contributed by atoms with Gasteiger partial charge in [0.15, 0.2) is 17.5 Å². The predicted octanol–water partition coefficient (Wildman–Crippen LogP) is 3.81. The molecule has 7 heteroatoms. The van der Waals surface area contributed by atoms with Gasteiger partial charge in [0.25, 0.3) is 0 Å². The van der Waals surface area contributed by atoms with Crippen molar-refractivity contribution in [2.75, 3.05) is 18.0 Å². The molecule has 0 atom stereocenters. The van der Waals surface area contributed by atoms with Crippen molar-refractivity contribution in [3.05, 3.63) is 65.3 Å². The second-order valence-corrected chi connectivity index (χ2v) is 6.44. The lowest BCUT2D eigenvalue weighted by Crippen LogP contribution is -2.22. The maximum absolute atomic E-state index is 14.1. The highest BCUT2D eigenvalue weighted by Gasteiger charge is 2.19. The van der Waals surface area contributed by atoms with E-state index in [-0.39, 0.29) is 23.2 Å². The van der Waals surface area contributed by atoms with Crippen LogP contribution in [-0.4, -0.2) is 28.8 Å². The van der Waals surface area contributed by atoms with Gasteiger partial charge < -0.3 is 10.2 Å². The molecule has 27 heavy (non-hydrogen) atoms. The Morgan fingerprint density at radius 2 is 1.96 bits per heavy atom. The van der Waals surface area contributed by atoms with Crippen LogP contribution in [0.15, 0.2) is 42.2 Å². The first-order valence-corrected chi connectivity index (χ1v) is 9.12. The molecular formula is C20H23F2N5. The molecule has 0 amide bonds. The molecule has 2 aromatic rings. The van der Waals surface area contributed by atoms with Crippen molar-refractivity contribution >= 4 is 11.5 Å². The first kappa shape index (κ1) is 18.9. The number of hydrogen-bond donors (Lipinski definition) is 2. The van der Waals surface area contributed by atoms with Gasteiger partial charge in [-0.25, -0.2) is 18.7 Å². The molecule has 1 aliphatic heterocycles. The van der Waals surface area contributed by atoms with Gasteiger partial charge in [0.2, 0.25) is 0 Å². The van der Waals surface area contributed by atoms with E-state index >= 15 is 0 Å². The second kappa shape index (κ2) is 8.70. The molecule has 3 rings (SSSR count). The van der Waals surface area contributed by atoms with Crippen molar-refractivity contribution in [2.45, 2.75) is 32.7 Å². The molecule has 1 aliphatic rings. The zero-order chi connectivity index (χ0) is 19.2. The molecule has 1 fully saturated rings. The number of hydrogen-bond acceptors (Lipinski definition) is 5. The zero-order valence-corrected chi connectivity index (χ0v) is 15.3. The van der Waals surface area contributed by atoms with Gasteiger partial charge in [-0.3, -0.25) is 5.41 Å². The molecule has 0 radical (unpaired) electrons. The molecule has 0 saturated carbocycles. The Morgan fingerprint density at radius 1 is 1.22 bits per heavy atom. The Labute approximate surface area is 157 Å². The summed E-state index contributed by atoms with van der Waals surface area (Å²) in [4.78, 5) is 10.1. The number of benzene rings is 1. The van der Waals surface area contributed by atoms with Gasteiger partial charge >= 0.3 is 0 Å². The standard InChI is InChI=1S/C20H23F2N5/c1-2-15(24-12-14-7-3-4-8-16(14)21)11-18(23)19-25-13-17(22)20(26-19)27-9-5-6-10-27/h3-4,7-8,11,13,23-24H,2,5-6,9-10,12H2,1H3/b15-11-,23-18?. The SMILES string of the molecule is CC/C(=C/C(=N)c1ncc(F)c(N2CCCC2)n1)NCc1ccccc1F. The third-order valence-electron chi connectivity index (χ3n) is 4.54. The fourth-order valence-electron chi connectivity index (χ4n) is 3.01. The quantitative estimate of drug-likeness (QED) is 0.727. The molecule has 0 spiro atoms. The van der Waals surface area contributed by atoms with Crippen molar-refractivity contribution in [1.82, 2.24) is 15.3 Å². The molecule has 5 nitrogen and oxygen atoms in total. The Bertz CT molecular complexity index is 844. The van der Waals surface area contributed by atoms with Crippen LogP contribution in [0.2, 0.25) is 0 Å². The fraction of sp³-hybridized carbons (Fsp3) is 0.350. The number of rotatable bonds is 7. The summed E-state index contributed by atoms with van der Waals surface area (Å²) in [6, 6.07) is 6.56. The lowest BCUT2D eigenvalue weighted by atomic mass is 10.2. The van der Waals surface area contributed by atoms with E-state index in [2.05, 4.69) is 15.3 Å². The number of anilines is 1. The molecule has 1 aromatic carbocycles. The fourth-order valence-corrected chi connectivity index (χ4v) is 3.01. The van der Waals surface area contributed by atoms with E-state index in [1.165, 1.54) is 6.07 Å². The lowest BCUT2D eigenvalue weighted by molar-refractivity contribution is 0.599. The maximum atomic E-state index is 14.1. The first-order chi connectivity index (χ1) is 13.1. The number of allylic oxidation sites excluding steroid dienone is 2. The van der Waals surface area contributed by atoms with Crippen LogP contribution in [0.5, 0.6) is 0 Å². The van der Waals surface area contributed by atoms with E-state index < -0.39 is 5.82 Å². The number of aromatic nitrogens is 2. The van der Waals surface area contributed by atoms with Crippen molar-refractivity contribution in [2.24, 2.45) is 0 Å². The highest BCUT2D eigenvalue weighted by Crippen LogP contribution is 2.21. The summed E-state index contributed by atoms with van der Waals surface area (Å²) in [5.41, 5.74) is 1.41. The minimum atomic E-state index is -0.467. The molecule has 2 N–H and O–H groups in total. The molecular weight excluding hydrogens is 348 g/mol. The van der Waals surface area contributed by atoms with E-state index in [9.17, 15) is 8.78 Å². The zero-order valence-electron chi connectivity index (χ0n) is 15.3. The normalized spacial score (nSPS) is 14.5. The van der Waals surface area contributed by atoms with Crippen molar-refractivity contribution in [3.63, 3.8) is 0 Å². The van der Waals surface area contributed by atoms with Crippen LogP contribution in [-0.2, 0) is 6.54 Å². The minimum Gasteiger partial charge on any atom is -0.384 e. The van der Waals surface area contributed by atoms with E-state index in [1.54, 1.807) is 24.3 Å². The maximum Gasteiger partial charge on any atom is 0.183 e. The smallest absolute Gasteiger partial charge is 0.183 e. The van der Waals surface area contributed by atoms with Crippen LogP contribution in [0.1, 0.15) is 37.6 Å². The summed E-state index contributed by atoms with van der Waals surface area (Å²) in [6.07, 6.45) is 5.39. The summed E-state index contributed by atoms with van der Waals surface area (Å²) >= 11 is 0. The van der Waals surface area contributed by atoms with Gasteiger partial charge in [0.1, 0.15) is 11.5 Å². The van der Waals surface area contributed by atoms with Crippen molar-refractivity contribution in [3.8, 4) is 0 Å². The molecule has 2 heterocycles. The first-order valence-electron chi connectivity index (χ1n) is 9.12. The van der Waals surface area contributed by atoms with Gasteiger partial charge in [0.05, 0.1) is 6.20 Å². The van der Waals surface area contributed by atoms with E-state index in [0.29, 0.717) is 18.5 Å². The van der Waals surface area contributed by atoms with Crippen LogP contribution in [0.3, 0.4) is 0 Å². The second-order valence-electron chi connectivity index (χ2n) is 6.44. The molecule has 1 aromatic heterocycles. The van der Waals surface area contributed by atoms with E-state index in [4.69, 9.17) is 5.41 Å². The van der Waals surface area contributed by atoms with Crippen LogP contribution in [0, 0.1) is 17.0 Å².